The van der Waals surface area contributed by atoms with Crippen LogP contribution in [0.25, 0.3) is 0 Å². The normalized spacial score (nSPS) is 25.8. The van der Waals surface area contributed by atoms with Crippen LogP contribution in [-0.2, 0) is 17.6 Å². The Morgan fingerprint density at radius 1 is 1.06 bits per heavy atom. The van der Waals surface area contributed by atoms with E-state index in [1.165, 1.54) is 12.5 Å². The molecule has 2 aromatic rings. The lowest BCUT2D eigenvalue weighted by molar-refractivity contribution is -0.114. The van der Waals surface area contributed by atoms with E-state index in [-0.39, 0.29) is 18.4 Å². The molecule has 5 N–H and O–H groups in total. The Morgan fingerprint density at radius 2 is 1.74 bits per heavy atom. The van der Waals surface area contributed by atoms with E-state index in [0.29, 0.717) is 12.2 Å². The van der Waals surface area contributed by atoms with Crippen molar-refractivity contribution in [3.8, 4) is 5.88 Å². The molecule has 0 radical (unpaired) electrons. The number of ether oxygens (including phenoxy) is 1. The number of hydrogen-bond acceptors (Lipinski definition) is 8. The molecule has 31 heavy (non-hydrogen) atoms. The maximum absolute atomic E-state index is 11.4. The summed E-state index contributed by atoms with van der Waals surface area (Å²) in [5, 5.41) is 41.9. The Hall–Kier alpha value is -2.17. The molecule has 1 saturated heterocycles. The van der Waals surface area contributed by atoms with Crippen molar-refractivity contribution < 1.29 is 30.0 Å². The SMILES string of the molecule is CCc1ccc(Cc2ccc(NC(C)=O)nc2OC2SC(CO)C(O)C(O)C2O)cc1. The molecule has 1 aliphatic heterocycles. The summed E-state index contributed by atoms with van der Waals surface area (Å²) >= 11 is 1.03. The lowest BCUT2D eigenvalue weighted by Gasteiger charge is -2.39. The Kier molecular flexibility index (Phi) is 7.90. The van der Waals surface area contributed by atoms with Crippen molar-refractivity contribution in [2.24, 2.45) is 0 Å². The van der Waals surface area contributed by atoms with Gasteiger partial charge < -0.3 is 30.5 Å². The van der Waals surface area contributed by atoms with Gasteiger partial charge in [0.15, 0.2) is 5.44 Å². The summed E-state index contributed by atoms with van der Waals surface area (Å²) in [7, 11) is 0. The molecule has 168 valence electrons. The van der Waals surface area contributed by atoms with Gasteiger partial charge in [-0.1, -0.05) is 31.2 Å². The van der Waals surface area contributed by atoms with E-state index in [9.17, 15) is 25.2 Å². The van der Waals surface area contributed by atoms with Crippen LogP contribution in [0.15, 0.2) is 36.4 Å². The van der Waals surface area contributed by atoms with Gasteiger partial charge >= 0.3 is 0 Å². The number of nitrogens with zero attached hydrogens (tertiary/aromatic N) is 1. The second-order valence-corrected chi connectivity index (χ2v) is 8.85. The van der Waals surface area contributed by atoms with Crippen LogP contribution in [0.4, 0.5) is 5.82 Å². The molecular weight excluding hydrogens is 420 g/mol. The topological polar surface area (TPSA) is 132 Å². The van der Waals surface area contributed by atoms with Crippen LogP contribution in [0.5, 0.6) is 5.88 Å². The molecule has 1 amide bonds. The van der Waals surface area contributed by atoms with Crippen LogP contribution >= 0.6 is 11.8 Å². The minimum absolute atomic E-state index is 0.197. The van der Waals surface area contributed by atoms with Gasteiger partial charge in [-0.3, -0.25) is 4.79 Å². The third-order valence-electron chi connectivity index (χ3n) is 5.15. The van der Waals surface area contributed by atoms with E-state index in [0.717, 1.165) is 29.3 Å². The molecule has 0 bridgehead atoms. The quantitative estimate of drug-likeness (QED) is 0.425. The second kappa shape index (κ2) is 10.4. The number of aryl methyl sites for hydroxylation is 1. The monoisotopic (exact) mass is 448 g/mol. The average Bonchev–Trinajstić information content (AvgIpc) is 2.76. The number of nitrogens with one attached hydrogen (secondary N) is 1. The van der Waals surface area contributed by atoms with Crippen molar-refractivity contribution in [2.45, 2.75) is 55.7 Å². The highest BCUT2D eigenvalue weighted by atomic mass is 32.2. The highest BCUT2D eigenvalue weighted by Gasteiger charge is 2.44. The number of hydrogen-bond donors (Lipinski definition) is 5. The molecule has 0 aliphatic carbocycles. The van der Waals surface area contributed by atoms with Gasteiger partial charge in [-0.05, 0) is 29.7 Å². The molecule has 0 spiro atoms. The van der Waals surface area contributed by atoms with Crippen molar-refractivity contribution in [2.75, 3.05) is 11.9 Å². The standard InChI is InChI=1S/C22H28N2O6S/c1-3-13-4-6-14(7-5-13)10-15-8-9-17(23-12(2)26)24-21(15)30-22-20(29)19(28)18(27)16(11-25)31-22/h4-9,16,18-20,22,25,27-29H,3,10-11H2,1-2H3,(H,23,24,26). The number of anilines is 1. The summed E-state index contributed by atoms with van der Waals surface area (Å²) in [6.45, 7) is 3.07. The van der Waals surface area contributed by atoms with Gasteiger partial charge in [0.05, 0.1) is 18.0 Å². The number of thioether (sulfide) groups is 1. The lowest BCUT2D eigenvalue weighted by atomic mass is 10.0. The van der Waals surface area contributed by atoms with Gasteiger partial charge in [-0.25, -0.2) is 0 Å². The second-order valence-electron chi connectivity index (χ2n) is 7.50. The highest BCUT2D eigenvalue weighted by molar-refractivity contribution is 8.00. The third kappa shape index (κ3) is 5.75. The number of rotatable bonds is 7. The molecule has 1 aromatic carbocycles. The molecular formula is C22H28N2O6S. The van der Waals surface area contributed by atoms with Gasteiger partial charge in [-0.2, -0.15) is 4.98 Å². The molecule has 1 fully saturated rings. The van der Waals surface area contributed by atoms with Crippen molar-refractivity contribution in [3.63, 3.8) is 0 Å². The van der Waals surface area contributed by atoms with E-state index in [4.69, 9.17) is 4.74 Å². The number of aliphatic hydroxyl groups is 4. The summed E-state index contributed by atoms with van der Waals surface area (Å²) in [6.07, 6.45) is -2.68. The molecule has 0 saturated carbocycles. The van der Waals surface area contributed by atoms with Crippen LogP contribution < -0.4 is 10.1 Å². The van der Waals surface area contributed by atoms with Crippen molar-refractivity contribution in [1.82, 2.24) is 4.98 Å². The first-order valence-corrected chi connectivity index (χ1v) is 11.1. The van der Waals surface area contributed by atoms with E-state index in [1.807, 2.05) is 12.1 Å². The average molecular weight is 449 g/mol. The van der Waals surface area contributed by atoms with Gasteiger partial charge in [0.1, 0.15) is 18.0 Å². The Labute approximate surface area is 185 Å². The lowest BCUT2D eigenvalue weighted by Crippen LogP contribution is -2.55. The van der Waals surface area contributed by atoms with Crippen LogP contribution in [-0.4, -0.2) is 66.9 Å². The Bertz CT molecular complexity index is 892. The van der Waals surface area contributed by atoms with Crippen LogP contribution in [0.3, 0.4) is 0 Å². The maximum atomic E-state index is 11.4. The first-order chi connectivity index (χ1) is 14.8. The molecule has 1 aromatic heterocycles. The predicted molar refractivity (Wildman–Crippen MR) is 118 cm³/mol. The third-order valence-corrected chi connectivity index (χ3v) is 6.57. The zero-order valence-electron chi connectivity index (χ0n) is 17.4. The first-order valence-electron chi connectivity index (χ1n) is 10.1. The van der Waals surface area contributed by atoms with Crippen LogP contribution in [0.2, 0.25) is 0 Å². The van der Waals surface area contributed by atoms with Gasteiger partial charge in [-0.15, -0.1) is 11.8 Å². The summed E-state index contributed by atoms with van der Waals surface area (Å²) < 4.78 is 5.96. The number of benzene rings is 1. The molecule has 8 nitrogen and oxygen atoms in total. The maximum Gasteiger partial charge on any atom is 0.222 e. The number of amides is 1. The van der Waals surface area contributed by atoms with E-state index >= 15 is 0 Å². The van der Waals surface area contributed by atoms with Crippen molar-refractivity contribution in [3.05, 3.63) is 53.1 Å². The Balaban J connectivity index is 1.88. The molecule has 5 atom stereocenters. The molecule has 9 heteroatoms. The number of carbonyl (C=O) groups is 1. The fourth-order valence-corrected chi connectivity index (χ4v) is 4.56. The zero-order valence-corrected chi connectivity index (χ0v) is 18.2. The van der Waals surface area contributed by atoms with Gasteiger partial charge in [0.25, 0.3) is 0 Å². The molecule has 5 unspecified atom stereocenters. The molecule has 2 heterocycles. The number of carbonyl (C=O) groups excluding carboxylic acids is 1. The minimum Gasteiger partial charge on any atom is -0.460 e. The minimum atomic E-state index is -1.47. The van der Waals surface area contributed by atoms with Crippen molar-refractivity contribution in [1.29, 1.82) is 0 Å². The smallest absolute Gasteiger partial charge is 0.222 e. The number of aliphatic hydroxyl groups excluding tert-OH is 4. The summed E-state index contributed by atoms with van der Waals surface area (Å²) in [5.41, 5.74) is 2.03. The summed E-state index contributed by atoms with van der Waals surface area (Å²) in [6, 6.07) is 11.6. The summed E-state index contributed by atoms with van der Waals surface area (Å²) in [5.74, 6) is 0.206. The van der Waals surface area contributed by atoms with Crippen molar-refractivity contribution >= 4 is 23.5 Å². The first kappa shape index (κ1) is 23.5. The van der Waals surface area contributed by atoms with Gasteiger partial charge in [0.2, 0.25) is 11.8 Å². The number of aromatic nitrogens is 1. The highest BCUT2D eigenvalue weighted by Crippen LogP contribution is 2.35. The number of pyridine rings is 1. The fourth-order valence-electron chi connectivity index (χ4n) is 3.34. The fraction of sp³-hybridized carbons (Fsp3) is 0.455. The summed E-state index contributed by atoms with van der Waals surface area (Å²) in [4.78, 5) is 15.8. The molecule has 3 rings (SSSR count). The van der Waals surface area contributed by atoms with E-state index < -0.39 is 29.0 Å². The van der Waals surface area contributed by atoms with E-state index in [1.54, 1.807) is 12.1 Å². The molecule has 1 aliphatic rings. The Morgan fingerprint density at radius 3 is 2.35 bits per heavy atom. The predicted octanol–water partition coefficient (Wildman–Crippen LogP) is 1.09. The zero-order chi connectivity index (χ0) is 22.5. The van der Waals surface area contributed by atoms with Gasteiger partial charge in [0, 0.05) is 18.9 Å². The van der Waals surface area contributed by atoms with Crippen LogP contribution in [0, 0.1) is 0 Å². The van der Waals surface area contributed by atoms with E-state index in [2.05, 4.69) is 29.4 Å². The largest absolute Gasteiger partial charge is 0.460 e. The van der Waals surface area contributed by atoms with Crippen LogP contribution in [0.1, 0.15) is 30.5 Å².